The molecule has 0 radical (unpaired) electrons. The van der Waals surface area contributed by atoms with Crippen LogP contribution in [0, 0.1) is 0 Å². The Morgan fingerprint density at radius 2 is 2.21 bits per heavy atom. The molecule has 0 bridgehead atoms. The van der Waals surface area contributed by atoms with Gasteiger partial charge in [-0.1, -0.05) is 18.2 Å². The van der Waals surface area contributed by atoms with Gasteiger partial charge in [0.1, 0.15) is 12.9 Å². The van der Waals surface area contributed by atoms with Crippen molar-refractivity contribution in [2.45, 2.75) is 26.6 Å². The van der Waals surface area contributed by atoms with Gasteiger partial charge in [0.25, 0.3) is 0 Å². The van der Waals surface area contributed by atoms with E-state index >= 15 is 0 Å². The van der Waals surface area contributed by atoms with Crippen molar-refractivity contribution in [3.05, 3.63) is 69.2 Å². The number of aromatic nitrogens is 3. The smallest absolute Gasteiger partial charge is 0.411 e. The Balaban J connectivity index is 1.52. The maximum Gasteiger partial charge on any atom is 0.411 e. The Kier molecular flexibility index (Phi) is 5.32. The van der Waals surface area contributed by atoms with Crippen LogP contribution in [0.5, 0.6) is 0 Å². The molecule has 9 heteroatoms. The predicted octanol–water partition coefficient (Wildman–Crippen LogP) is 2.79. The average Bonchev–Trinajstić information content (AvgIpc) is 3.33. The highest BCUT2D eigenvalue weighted by atomic mass is 32.1. The lowest BCUT2D eigenvalue weighted by molar-refractivity contribution is 0.151. The van der Waals surface area contributed by atoms with E-state index in [1.807, 2.05) is 43.3 Å². The van der Waals surface area contributed by atoms with E-state index in [4.69, 9.17) is 10.5 Å². The standard InChI is InChI=1S/C20H21N5O3S/c1-2-13(8-21)9-25-20(27)24(12-22-25)10-16-5-6-18(29-16)14-3-4-15-11-28-19(26)23-17(15)7-14/h2-7,12H,8-11,21H2,1H3,(H,23,26)/b13-2-. The number of ether oxygens (including phenoxy) is 1. The minimum absolute atomic E-state index is 0.163. The van der Waals surface area contributed by atoms with E-state index in [1.165, 1.54) is 4.68 Å². The lowest BCUT2D eigenvalue weighted by Crippen LogP contribution is -2.26. The number of thiophene rings is 1. The first-order valence-corrected chi connectivity index (χ1v) is 10.0. The molecule has 4 rings (SSSR count). The maximum absolute atomic E-state index is 12.6. The number of benzene rings is 1. The summed E-state index contributed by atoms with van der Waals surface area (Å²) in [5.41, 5.74) is 9.19. The van der Waals surface area contributed by atoms with E-state index in [9.17, 15) is 9.59 Å². The number of amides is 1. The molecule has 3 aromatic rings. The number of fused-ring (bicyclic) bond motifs is 1. The number of hydrogen-bond donors (Lipinski definition) is 2. The molecule has 0 fully saturated rings. The summed E-state index contributed by atoms with van der Waals surface area (Å²) >= 11 is 1.60. The molecular formula is C20H21N5O3S. The second-order valence-corrected chi connectivity index (χ2v) is 7.86. The number of rotatable bonds is 6. The van der Waals surface area contributed by atoms with Gasteiger partial charge in [-0.25, -0.2) is 14.3 Å². The van der Waals surface area contributed by atoms with Crippen LogP contribution in [0.2, 0.25) is 0 Å². The lowest BCUT2D eigenvalue weighted by atomic mass is 10.1. The summed E-state index contributed by atoms with van der Waals surface area (Å²) < 4.78 is 7.98. The Labute approximate surface area is 171 Å². The third kappa shape index (κ3) is 4.01. The fourth-order valence-electron chi connectivity index (χ4n) is 3.10. The summed E-state index contributed by atoms with van der Waals surface area (Å²) in [5, 5.41) is 6.92. The first kappa shape index (κ1) is 19.2. The van der Waals surface area contributed by atoms with Crippen LogP contribution in [0.3, 0.4) is 0 Å². The molecule has 3 heterocycles. The molecule has 1 aliphatic rings. The third-order valence-electron chi connectivity index (χ3n) is 4.80. The summed E-state index contributed by atoms with van der Waals surface area (Å²) in [6, 6.07) is 9.92. The minimum Gasteiger partial charge on any atom is -0.444 e. The predicted molar refractivity (Wildman–Crippen MR) is 112 cm³/mol. The number of carbonyl (C=O) groups excluding carboxylic acids is 1. The molecule has 0 saturated carbocycles. The van der Waals surface area contributed by atoms with Crippen molar-refractivity contribution in [1.82, 2.24) is 14.3 Å². The largest absolute Gasteiger partial charge is 0.444 e. The van der Waals surface area contributed by atoms with Crippen molar-refractivity contribution in [3.8, 4) is 10.4 Å². The molecule has 1 amide bonds. The minimum atomic E-state index is -0.436. The van der Waals surface area contributed by atoms with Gasteiger partial charge in [0.15, 0.2) is 0 Å². The summed E-state index contributed by atoms with van der Waals surface area (Å²) in [6.45, 7) is 3.43. The number of nitrogens with two attached hydrogens (primary N) is 1. The molecule has 0 spiro atoms. The van der Waals surface area contributed by atoms with Crippen molar-refractivity contribution in [3.63, 3.8) is 0 Å². The number of hydrogen-bond acceptors (Lipinski definition) is 6. The molecule has 1 aromatic carbocycles. The molecule has 1 aliphatic heterocycles. The molecule has 0 unspecified atom stereocenters. The number of allylic oxidation sites excluding steroid dienone is 1. The van der Waals surface area contributed by atoms with Crippen LogP contribution in [0.15, 0.2) is 53.1 Å². The number of carbonyl (C=O) groups is 1. The Morgan fingerprint density at radius 3 is 3.00 bits per heavy atom. The quantitative estimate of drug-likeness (QED) is 0.607. The SMILES string of the molecule is C/C=C(/CN)Cn1ncn(Cc2ccc(-c3ccc4c(c3)NC(=O)OC4)s2)c1=O. The van der Waals surface area contributed by atoms with Crippen LogP contribution in [0.4, 0.5) is 10.5 Å². The van der Waals surface area contributed by atoms with Gasteiger partial charge < -0.3 is 10.5 Å². The fraction of sp³-hybridized carbons (Fsp3) is 0.250. The highest BCUT2D eigenvalue weighted by Gasteiger charge is 2.16. The molecule has 0 atom stereocenters. The van der Waals surface area contributed by atoms with Gasteiger partial charge in [-0.05, 0) is 36.3 Å². The molecule has 0 saturated heterocycles. The highest BCUT2D eigenvalue weighted by Crippen LogP contribution is 2.33. The van der Waals surface area contributed by atoms with Crippen LogP contribution in [0.25, 0.3) is 10.4 Å². The Bertz CT molecular complexity index is 1140. The van der Waals surface area contributed by atoms with Crippen molar-refractivity contribution < 1.29 is 9.53 Å². The van der Waals surface area contributed by atoms with Crippen molar-refractivity contribution in [1.29, 1.82) is 0 Å². The zero-order valence-corrected chi connectivity index (χ0v) is 16.7. The molecule has 3 N–H and O–H groups in total. The van der Waals surface area contributed by atoms with Gasteiger partial charge in [-0.2, -0.15) is 5.10 Å². The molecule has 8 nitrogen and oxygen atoms in total. The van der Waals surface area contributed by atoms with Crippen LogP contribution in [-0.2, 0) is 24.4 Å². The van der Waals surface area contributed by atoms with E-state index in [2.05, 4.69) is 10.4 Å². The van der Waals surface area contributed by atoms with E-state index < -0.39 is 6.09 Å². The van der Waals surface area contributed by atoms with Crippen molar-refractivity contribution in [2.75, 3.05) is 11.9 Å². The number of anilines is 1. The summed E-state index contributed by atoms with van der Waals surface area (Å²) in [5.74, 6) is 0. The second kappa shape index (κ2) is 8.06. The Morgan fingerprint density at radius 1 is 1.34 bits per heavy atom. The van der Waals surface area contributed by atoms with E-state index in [1.54, 1.807) is 22.2 Å². The van der Waals surface area contributed by atoms with Gasteiger partial charge in [-0.15, -0.1) is 11.3 Å². The van der Waals surface area contributed by atoms with Crippen molar-refractivity contribution >= 4 is 23.1 Å². The molecule has 2 aromatic heterocycles. The van der Waals surface area contributed by atoms with Crippen molar-refractivity contribution in [2.24, 2.45) is 5.73 Å². The zero-order chi connectivity index (χ0) is 20.4. The van der Waals surface area contributed by atoms with E-state index in [0.717, 1.165) is 32.1 Å². The fourth-order valence-corrected chi connectivity index (χ4v) is 4.10. The molecule has 150 valence electrons. The Hall–Kier alpha value is -3.17. The summed E-state index contributed by atoms with van der Waals surface area (Å²) in [6.07, 6.45) is 3.03. The normalized spacial score (nSPS) is 13.7. The topological polar surface area (TPSA) is 104 Å². The first-order valence-electron chi connectivity index (χ1n) is 9.19. The monoisotopic (exact) mass is 411 g/mol. The molecule has 29 heavy (non-hydrogen) atoms. The third-order valence-corrected chi connectivity index (χ3v) is 5.92. The van der Waals surface area contributed by atoms with E-state index in [-0.39, 0.29) is 12.3 Å². The summed E-state index contributed by atoms with van der Waals surface area (Å²) in [7, 11) is 0. The van der Waals surface area contributed by atoms with Gasteiger partial charge in [0.05, 0.1) is 18.8 Å². The maximum atomic E-state index is 12.6. The van der Waals surface area contributed by atoms with Gasteiger partial charge in [0, 0.05) is 21.9 Å². The van der Waals surface area contributed by atoms with Crippen LogP contribution in [-0.4, -0.2) is 27.0 Å². The second-order valence-electron chi connectivity index (χ2n) is 6.69. The molecule has 0 aliphatic carbocycles. The number of cyclic esters (lactones) is 1. The van der Waals surface area contributed by atoms with Gasteiger partial charge >= 0.3 is 11.8 Å². The molecular weight excluding hydrogens is 390 g/mol. The van der Waals surface area contributed by atoms with Crippen LogP contribution >= 0.6 is 11.3 Å². The highest BCUT2D eigenvalue weighted by molar-refractivity contribution is 7.15. The first-order chi connectivity index (χ1) is 14.1. The lowest BCUT2D eigenvalue weighted by Gasteiger charge is -2.17. The number of nitrogens with one attached hydrogen (secondary N) is 1. The van der Waals surface area contributed by atoms with Crippen LogP contribution < -0.4 is 16.7 Å². The van der Waals surface area contributed by atoms with Crippen LogP contribution in [0.1, 0.15) is 17.4 Å². The van der Waals surface area contributed by atoms with Gasteiger partial charge in [0.2, 0.25) is 0 Å². The number of nitrogens with zero attached hydrogens (tertiary/aromatic N) is 3. The average molecular weight is 411 g/mol. The van der Waals surface area contributed by atoms with E-state index in [0.29, 0.717) is 19.6 Å². The van der Waals surface area contributed by atoms with Gasteiger partial charge in [-0.3, -0.25) is 9.88 Å². The zero-order valence-electron chi connectivity index (χ0n) is 15.9. The summed E-state index contributed by atoms with van der Waals surface area (Å²) in [4.78, 5) is 26.1.